The molecule has 0 radical (unpaired) electrons. The molecule has 0 aliphatic heterocycles. The van der Waals surface area contributed by atoms with E-state index in [0.29, 0.717) is 18.1 Å². The Morgan fingerprint density at radius 1 is 1.02 bits per heavy atom. The molecular formula is C35H47N2O7P. The number of carboxylic acids is 1. The largest absolute Gasteiger partial charge is 0.496 e. The van der Waals surface area contributed by atoms with Crippen LogP contribution in [0.5, 0.6) is 5.75 Å². The lowest BCUT2D eigenvalue weighted by Crippen LogP contribution is -2.49. The molecule has 244 valence electrons. The monoisotopic (exact) mass is 638 g/mol. The molecule has 5 atom stereocenters. The summed E-state index contributed by atoms with van der Waals surface area (Å²) >= 11 is 0. The van der Waals surface area contributed by atoms with Gasteiger partial charge in [-0.3, -0.25) is 14.4 Å². The highest BCUT2D eigenvalue weighted by Crippen LogP contribution is 2.15. The van der Waals surface area contributed by atoms with Crippen LogP contribution >= 0.6 is 9.24 Å². The highest BCUT2D eigenvalue weighted by Gasteiger charge is 2.27. The third-order valence-corrected chi connectivity index (χ3v) is 7.50. The van der Waals surface area contributed by atoms with E-state index in [4.69, 9.17) is 9.47 Å². The fourth-order valence-corrected chi connectivity index (χ4v) is 4.83. The van der Waals surface area contributed by atoms with Gasteiger partial charge in [0.15, 0.2) is 6.10 Å². The Balaban J connectivity index is 2.01. The van der Waals surface area contributed by atoms with Gasteiger partial charge in [-0.15, -0.1) is 9.24 Å². The van der Waals surface area contributed by atoms with Crippen molar-refractivity contribution in [2.75, 3.05) is 13.7 Å². The second-order valence-electron chi connectivity index (χ2n) is 11.6. The number of hydrogen-bond donors (Lipinski definition) is 3. The van der Waals surface area contributed by atoms with E-state index >= 15 is 0 Å². The van der Waals surface area contributed by atoms with Crippen LogP contribution in [-0.4, -0.2) is 54.7 Å². The van der Waals surface area contributed by atoms with E-state index in [-0.39, 0.29) is 25.3 Å². The number of carbonyl (C=O) groups is 4. The predicted molar refractivity (Wildman–Crippen MR) is 180 cm³/mol. The summed E-state index contributed by atoms with van der Waals surface area (Å²) in [4.78, 5) is 50.2. The topological polar surface area (TPSA) is 131 Å². The molecule has 2 aromatic carbocycles. The minimum atomic E-state index is -1.26. The van der Waals surface area contributed by atoms with Gasteiger partial charge in [0.25, 0.3) is 0 Å². The standard InChI is InChI=1S/C35H47N2O7P/c1-23(2)19-30(34(40)41)44-35(42)25(4)22-36-33(39)28(20-27-17-18-29(43-5)31(45)21-27)37-32(38)14-10-9-11-24(3)15-16-26-12-7-6-8-13-26/h6-8,10,12-18,21,23-25,28,30H,9,11,19-20,22,45H2,1-5H3,(H,36,39)(H,37,38)(H,40,41)/b14-10+,16-15+/t24-,25+,28+,30-/m0/s1. The Bertz CT molecular complexity index is 1330. The number of amides is 2. The van der Waals surface area contributed by atoms with Gasteiger partial charge in [0.2, 0.25) is 11.8 Å². The molecule has 2 rings (SSSR count). The van der Waals surface area contributed by atoms with E-state index in [9.17, 15) is 24.3 Å². The van der Waals surface area contributed by atoms with E-state index in [0.717, 1.165) is 22.9 Å². The van der Waals surface area contributed by atoms with E-state index in [2.05, 4.69) is 38.9 Å². The van der Waals surface area contributed by atoms with Crippen LogP contribution in [0.4, 0.5) is 0 Å². The molecule has 0 saturated heterocycles. The quantitative estimate of drug-likeness (QED) is 0.123. The minimum absolute atomic E-state index is 0.0206. The smallest absolute Gasteiger partial charge is 0.345 e. The SMILES string of the molecule is COc1ccc(C[C@@H](NC(=O)/C=C/CC[C@H](C)/C=C/c2ccccc2)C(=O)NC[C@@H](C)C(=O)O[C@@H](CC(C)C)C(=O)O)cc1P. The van der Waals surface area contributed by atoms with E-state index in [1.807, 2.05) is 56.3 Å². The van der Waals surface area contributed by atoms with Gasteiger partial charge < -0.3 is 25.2 Å². The van der Waals surface area contributed by atoms with Gasteiger partial charge in [-0.25, -0.2) is 4.79 Å². The number of aliphatic carboxylic acids is 1. The average Bonchev–Trinajstić information content (AvgIpc) is 3.00. The van der Waals surface area contributed by atoms with Crippen LogP contribution in [0, 0.1) is 17.8 Å². The normalized spacial score (nSPS) is 14.1. The van der Waals surface area contributed by atoms with Crippen LogP contribution in [0.3, 0.4) is 0 Å². The Hall–Kier alpha value is -3.97. The summed E-state index contributed by atoms with van der Waals surface area (Å²) in [5.41, 5.74) is 1.94. The zero-order valence-electron chi connectivity index (χ0n) is 26.8. The molecule has 0 heterocycles. The minimum Gasteiger partial charge on any atom is -0.496 e. The maximum Gasteiger partial charge on any atom is 0.345 e. The molecule has 2 aromatic rings. The van der Waals surface area contributed by atoms with Gasteiger partial charge in [-0.2, -0.15) is 0 Å². The van der Waals surface area contributed by atoms with Crippen molar-refractivity contribution in [2.45, 2.75) is 65.5 Å². The number of methoxy groups -OCH3 is 1. The molecule has 2 amide bonds. The highest BCUT2D eigenvalue weighted by molar-refractivity contribution is 7.27. The van der Waals surface area contributed by atoms with Crippen molar-refractivity contribution >= 4 is 44.4 Å². The summed E-state index contributed by atoms with van der Waals surface area (Å²) in [6.45, 7) is 7.26. The molecule has 9 nitrogen and oxygen atoms in total. The molecule has 0 bridgehead atoms. The number of hydrogen-bond acceptors (Lipinski definition) is 6. The van der Waals surface area contributed by atoms with Gasteiger partial charge >= 0.3 is 11.9 Å². The average molecular weight is 639 g/mol. The number of rotatable bonds is 18. The zero-order chi connectivity index (χ0) is 33.4. The van der Waals surface area contributed by atoms with E-state index < -0.39 is 41.8 Å². The lowest BCUT2D eigenvalue weighted by molar-refractivity contribution is -0.167. The van der Waals surface area contributed by atoms with Gasteiger partial charge in [-0.1, -0.05) is 82.3 Å². The number of nitrogens with one attached hydrogen (secondary N) is 2. The molecule has 0 aromatic heterocycles. The van der Waals surface area contributed by atoms with Crippen LogP contribution < -0.4 is 20.7 Å². The second kappa shape index (κ2) is 19.4. The molecular weight excluding hydrogens is 591 g/mol. The molecule has 0 aliphatic rings. The summed E-state index contributed by atoms with van der Waals surface area (Å²) in [5.74, 6) is -2.60. The molecule has 10 heteroatoms. The van der Waals surface area contributed by atoms with Gasteiger partial charge in [-0.05, 0) is 60.4 Å². The van der Waals surface area contributed by atoms with Crippen LogP contribution in [0.1, 0.15) is 58.1 Å². The second-order valence-corrected chi connectivity index (χ2v) is 12.2. The Labute approximate surface area is 269 Å². The van der Waals surface area contributed by atoms with Crippen molar-refractivity contribution in [3.63, 3.8) is 0 Å². The van der Waals surface area contributed by atoms with Crippen molar-refractivity contribution in [1.29, 1.82) is 0 Å². The zero-order valence-corrected chi connectivity index (χ0v) is 28.0. The number of ether oxygens (including phenoxy) is 2. The lowest BCUT2D eigenvalue weighted by Gasteiger charge is -2.21. The summed E-state index contributed by atoms with van der Waals surface area (Å²) in [6, 6.07) is 14.6. The molecule has 0 saturated carbocycles. The van der Waals surface area contributed by atoms with E-state index in [1.54, 1.807) is 26.2 Å². The maximum absolute atomic E-state index is 13.3. The molecule has 0 spiro atoms. The van der Waals surface area contributed by atoms with Gasteiger partial charge in [0, 0.05) is 18.3 Å². The first-order valence-corrected chi connectivity index (χ1v) is 15.8. The third-order valence-electron chi connectivity index (χ3n) is 7.05. The Morgan fingerprint density at radius 2 is 1.73 bits per heavy atom. The third kappa shape index (κ3) is 14.1. The number of allylic oxidation sites excluding steroid dienone is 2. The van der Waals surface area contributed by atoms with Crippen LogP contribution in [0.25, 0.3) is 6.08 Å². The Kier molecular flexibility index (Phi) is 16.1. The van der Waals surface area contributed by atoms with Crippen molar-refractivity contribution in [3.8, 4) is 5.75 Å². The van der Waals surface area contributed by atoms with Crippen molar-refractivity contribution in [2.24, 2.45) is 17.8 Å². The molecule has 1 unspecified atom stereocenters. The first-order valence-electron chi connectivity index (χ1n) is 15.2. The number of benzene rings is 2. The first-order chi connectivity index (χ1) is 21.4. The molecule has 0 aliphatic carbocycles. The van der Waals surface area contributed by atoms with Crippen molar-refractivity contribution in [1.82, 2.24) is 10.6 Å². The molecule has 45 heavy (non-hydrogen) atoms. The first kappa shape index (κ1) is 37.2. The number of carbonyl (C=O) groups excluding carboxylic acids is 3. The summed E-state index contributed by atoms with van der Waals surface area (Å²) in [7, 11) is 4.16. The fraction of sp³-hybridized carbons (Fsp3) is 0.429. The summed E-state index contributed by atoms with van der Waals surface area (Å²) < 4.78 is 10.5. The molecule has 3 N–H and O–H groups in total. The van der Waals surface area contributed by atoms with Crippen LogP contribution in [0.15, 0.2) is 66.8 Å². The van der Waals surface area contributed by atoms with Crippen LogP contribution in [0.2, 0.25) is 0 Å². The summed E-state index contributed by atoms with van der Waals surface area (Å²) in [5, 5.41) is 15.7. The lowest BCUT2D eigenvalue weighted by atomic mass is 10.0. The fourth-order valence-electron chi connectivity index (χ4n) is 4.40. The maximum atomic E-state index is 13.3. The summed E-state index contributed by atoms with van der Waals surface area (Å²) in [6.07, 6.45) is 8.12. The van der Waals surface area contributed by atoms with Crippen molar-refractivity contribution in [3.05, 3.63) is 77.9 Å². The predicted octanol–water partition coefficient (Wildman–Crippen LogP) is 4.70. The number of carboxylic acid groups (broad SMARTS) is 1. The number of esters is 1. The van der Waals surface area contributed by atoms with E-state index in [1.165, 1.54) is 6.08 Å². The van der Waals surface area contributed by atoms with Gasteiger partial charge in [0.1, 0.15) is 11.8 Å². The highest BCUT2D eigenvalue weighted by atomic mass is 31.0. The molecule has 0 fully saturated rings. The van der Waals surface area contributed by atoms with Crippen LogP contribution in [-0.2, 0) is 30.3 Å². The Morgan fingerprint density at radius 3 is 2.36 bits per heavy atom. The van der Waals surface area contributed by atoms with Gasteiger partial charge in [0.05, 0.1) is 13.0 Å². The van der Waals surface area contributed by atoms with Crippen molar-refractivity contribution < 1.29 is 33.8 Å².